The maximum Gasteiger partial charge on any atom is 0.198 e. The van der Waals surface area contributed by atoms with E-state index in [0.717, 1.165) is 72.8 Å². The van der Waals surface area contributed by atoms with Crippen LogP contribution in [0, 0.1) is 0 Å². The maximum atomic E-state index is 11.5. The first-order chi connectivity index (χ1) is 19.7. The Morgan fingerprint density at radius 3 is 1.75 bits per heavy atom. The largest absolute Gasteiger partial charge is 0.495 e. The second-order valence-corrected chi connectivity index (χ2v) is 10.6. The minimum absolute atomic E-state index is 0.105. The molecule has 0 spiro atoms. The molecule has 6 nitrogen and oxygen atoms in total. The molecule has 4 aromatic rings. The van der Waals surface area contributed by atoms with Crippen LogP contribution in [0.3, 0.4) is 0 Å². The number of benzene rings is 3. The highest BCUT2D eigenvalue weighted by atomic mass is 16.5. The molecule has 2 N–H and O–H groups in total. The van der Waals surface area contributed by atoms with E-state index in [1.54, 1.807) is 11.7 Å². The quantitative estimate of drug-likeness (QED) is 0.273. The third-order valence-electron chi connectivity index (χ3n) is 8.37. The fourth-order valence-corrected chi connectivity index (χ4v) is 6.30. The van der Waals surface area contributed by atoms with E-state index < -0.39 is 0 Å². The molecule has 1 aliphatic carbocycles. The number of aromatic hydroxyl groups is 2. The number of hydrogen-bond acceptors (Lipinski definition) is 5. The summed E-state index contributed by atoms with van der Waals surface area (Å²) in [6.07, 6.45) is 5.17. The molecule has 0 saturated carbocycles. The Labute approximate surface area is 236 Å². The van der Waals surface area contributed by atoms with Gasteiger partial charge >= 0.3 is 0 Å². The van der Waals surface area contributed by atoms with E-state index in [1.807, 2.05) is 48.5 Å². The van der Waals surface area contributed by atoms with Crippen LogP contribution in [0.15, 0.2) is 97.1 Å². The van der Waals surface area contributed by atoms with Crippen molar-refractivity contribution in [2.45, 2.75) is 24.8 Å². The van der Waals surface area contributed by atoms with Gasteiger partial charge in [0.05, 0.1) is 12.8 Å². The summed E-state index contributed by atoms with van der Waals surface area (Å²) in [5.74, 6) is 1.05. The summed E-state index contributed by atoms with van der Waals surface area (Å²) in [5, 5.41) is 23.1. The van der Waals surface area contributed by atoms with E-state index in [1.165, 1.54) is 0 Å². The third kappa shape index (κ3) is 4.95. The van der Waals surface area contributed by atoms with E-state index in [9.17, 15) is 10.2 Å². The lowest BCUT2D eigenvalue weighted by atomic mass is 9.78. The van der Waals surface area contributed by atoms with Gasteiger partial charge in [0.15, 0.2) is 11.8 Å². The summed E-state index contributed by atoms with van der Waals surface area (Å²) in [4.78, 5) is 4.85. The fourth-order valence-electron chi connectivity index (χ4n) is 6.30. The van der Waals surface area contributed by atoms with Gasteiger partial charge in [-0.1, -0.05) is 84.9 Å². The summed E-state index contributed by atoms with van der Waals surface area (Å²) in [6.45, 7) is 5.28. The second-order valence-electron chi connectivity index (χ2n) is 10.6. The molecule has 40 heavy (non-hydrogen) atoms. The van der Waals surface area contributed by atoms with Gasteiger partial charge in [0.25, 0.3) is 0 Å². The number of anilines is 1. The van der Waals surface area contributed by atoms with Gasteiger partial charge in [0, 0.05) is 55.7 Å². The second kappa shape index (κ2) is 11.5. The highest BCUT2D eigenvalue weighted by molar-refractivity contribution is 5.61. The SMILES string of the molecule is COc1ccccc1N1CCN(CCCn2c(O)c3c(c2O)C(c2ccccc2)C=CC3c2ccccc2)CC1. The summed E-state index contributed by atoms with van der Waals surface area (Å²) in [7, 11) is 1.72. The van der Waals surface area contributed by atoms with Crippen LogP contribution in [0.4, 0.5) is 5.69 Å². The van der Waals surface area contributed by atoms with E-state index in [4.69, 9.17) is 4.74 Å². The van der Waals surface area contributed by atoms with Crippen LogP contribution in [-0.2, 0) is 6.54 Å². The van der Waals surface area contributed by atoms with Crippen LogP contribution < -0.4 is 9.64 Å². The molecule has 6 heteroatoms. The minimum Gasteiger partial charge on any atom is -0.495 e. The molecule has 206 valence electrons. The number of aromatic nitrogens is 1. The first-order valence-electron chi connectivity index (χ1n) is 14.2. The Kier molecular flexibility index (Phi) is 7.51. The molecule has 2 aliphatic rings. The minimum atomic E-state index is -0.105. The van der Waals surface area contributed by atoms with Gasteiger partial charge in [-0.3, -0.25) is 9.47 Å². The zero-order valence-electron chi connectivity index (χ0n) is 23.0. The van der Waals surface area contributed by atoms with E-state index in [2.05, 4.69) is 58.4 Å². The third-order valence-corrected chi connectivity index (χ3v) is 8.37. The van der Waals surface area contributed by atoms with Crippen molar-refractivity contribution in [1.29, 1.82) is 0 Å². The molecule has 1 aromatic heterocycles. The first kappa shape index (κ1) is 26.1. The maximum absolute atomic E-state index is 11.5. The monoisotopic (exact) mass is 535 g/mol. The molecule has 3 aromatic carbocycles. The Morgan fingerprint density at radius 2 is 1.20 bits per heavy atom. The normalized spacial score (nSPS) is 19.0. The predicted molar refractivity (Wildman–Crippen MR) is 160 cm³/mol. The van der Waals surface area contributed by atoms with Crippen LogP contribution in [0.1, 0.15) is 40.5 Å². The lowest BCUT2D eigenvalue weighted by Gasteiger charge is -2.36. The van der Waals surface area contributed by atoms with Crippen LogP contribution in [0.2, 0.25) is 0 Å². The van der Waals surface area contributed by atoms with E-state index in [-0.39, 0.29) is 23.6 Å². The number of rotatable bonds is 8. The Hall–Kier alpha value is -4.16. The van der Waals surface area contributed by atoms with Gasteiger partial charge < -0.3 is 19.8 Å². The standard InChI is InChI=1S/C34H37N3O3/c1-40-30-16-9-8-15-29(30)36-23-21-35(22-24-36)19-10-20-37-33(38)31-27(25-11-4-2-5-12-25)17-18-28(32(31)34(37)39)26-13-6-3-7-14-26/h2-9,11-18,27-28,38-39H,10,19-24H2,1H3. The molecule has 0 bridgehead atoms. The van der Waals surface area contributed by atoms with Crippen molar-refractivity contribution in [2.75, 3.05) is 44.7 Å². The Morgan fingerprint density at radius 1 is 0.675 bits per heavy atom. The Bertz CT molecular complexity index is 1380. The van der Waals surface area contributed by atoms with Crippen molar-refractivity contribution in [2.24, 2.45) is 0 Å². The smallest absolute Gasteiger partial charge is 0.198 e. The van der Waals surface area contributed by atoms with Gasteiger partial charge in [0.2, 0.25) is 0 Å². The zero-order valence-corrected chi connectivity index (χ0v) is 23.0. The average Bonchev–Trinajstić information content (AvgIpc) is 3.27. The van der Waals surface area contributed by atoms with Crippen LogP contribution in [0.25, 0.3) is 0 Å². The number of methoxy groups -OCH3 is 1. The van der Waals surface area contributed by atoms with Crippen molar-refractivity contribution >= 4 is 5.69 Å². The van der Waals surface area contributed by atoms with Crippen molar-refractivity contribution < 1.29 is 14.9 Å². The molecular weight excluding hydrogens is 498 g/mol. The predicted octanol–water partition coefficient (Wildman–Crippen LogP) is 5.95. The van der Waals surface area contributed by atoms with E-state index >= 15 is 0 Å². The van der Waals surface area contributed by atoms with Crippen LogP contribution in [-0.4, -0.2) is 59.5 Å². The van der Waals surface area contributed by atoms with Crippen molar-refractivity contribution in [3.05, 3.63) is 119 Å². The van der Waals surface area contributed by atoms with Gasteiger partial charge in [-0.2, -0.15) is 0 Å². The summed E-state index contributed by atoms with van der Waals surface area (Å²) in [5.41, 5.74) is 4.97. The lowest BCUT2D eigenvalue weighted by molar-refractivity contribution is 0.245. The van der Waals surface area contributed by atoms with Gasteiger partial charge in [-0.25, -0.2) is 0 Å². The highest BCUT2D eigenvalue weighted by Crippen LogP contribution is 2.50. The molecule has 1 saturated heterocycles. The van der Waals surface area contributed by atoms with Crippen molar-refractivity contribution in [3.63, 3.8) is 0 Å². The number of ether oxygens (including phenoxy) is 1. The number of para-hydroxylation sites is 2. The van der Waals surface area contributed by atoms with Crippen LogP contribution in [0.5, 0.6) is 17.5 Å². The Balaban J connectivity index is 1.18. The number of allylic oxidation sites excluding steroid dienone is 2. The number of piperazine rings is 1. The number of hydrogen-bond donors (Lipinski definition) is 2. The van der Waals surface area contributed by atoms with Crippen molar-refractivity contribution in [1.82, 2.24) is 9.47 Å². The molecule has 2 atom stereocenters. The molecule has 6 rings (SSSR count). The number of nitrogens with zero attached hydrogens (tertiary/aromatic N) is 3. The zero-order chi connectivity index (χ0) is 27.5. The number of fused-ring (bicyclic) bond motifs is 1. The van der Waals surface area contributed by atoms with Gasteiger partial charge in [-0.15, -0.1) is 0 Å². The molecule has 2 unspecified atom stereocenters. The molecule has 2 heterocycles. The fraction of sp³-hybridized carbons (Fsp3) is 0.294. The van der Waals surface area contributed by atoms with Gasteiger partial charge in [0.1, 0.15) is 5.75 Å². The summed E-state index contributed by atoms with van der Waals surface area (Å²) < 4.78 is 7.27. The van der Waals surface area contributed by atoms with Crippen molar-refractivity contribution in [3.8, 4) is 17.5 Å². The summed E-state index contributed by atoms with van der Waals surface area (Å²) in [6, 6.07) is 28.6. The highest BCUT2D eigenvalue weighted by Gasteiger charge is 2.35. The molecule has 1 aliphatic heterocycles. The molecule has 0 radical (unpaired) electrons. The first-order valence-corrected chi connectivity index (χ1v) is 14.2. The van der Waals surface area contributed by atoms with Crippen LogP contribution >= 0.6 is 0 Å². The van der Waals surface area contributed by atoms with E-state index in [0.29, 0.717) is 6.54 Å². The molecule has 1 fully saturated rings. The lowest BCUT2D eigenvalue weighted by Crippen LogP contribution is -2.46. The average molecular weight is 536 g/mol. The summed E-state index contributed by atoms with van der Waals surface area (Å²) >= 11 is 0. The van der Waals surface area contributed by atoms with Gasteiger partial charge in [-0.05, 0) is 36.2 Å². The topological polar surface area (TPSA) is 61.1 Å². The molecular formula is C34H37N3O3. The molecule has 0 amide bonds.